The van der Waals surface area contributed by atoms with Crippen LogP contribution in [0, 0.1) is 0 Å². The van der Waals surface area contributed by atoms with Gasteiger partial charge in [-0.1, -0.05) is 13.3 Å². The maximum atomic E-state index is 5.50. The number of fused-ring (bicyclic) bond motifs is 5. The quantitative estimate of drug-likeness (QED) is 0.720. The normalized spacial score (nSPS) is 17.6. The van der Waals surface area contributed by atoms with Crippen molar-refractivity contribution in [1.82, 2.24) is 15.0 Å². The van der Waals surface area contributed by atoms with Gasteiger partial charge in [-0.15, -0.1) is 11.3 Å². The van der Waals surface area contributed by atoms with Crippen molar-refractivity contribution >= 4 is 37.6 Å². The minimum atomic E-state index is 0.769. The Kier molecular flexibility index (Phi) is 3.82. The highest BCUT2D eigenvalue weighted by Crippen LogP contribution is 2.42. The number of anilines is 1. The summed E-state index contributed by atoms with van der Waals surface area (Å²) in [6, 6.07) is 0. The van der Waals surface area contributed by atoms with Gasteiger partial charge in [0, 0.05) is 24.2 Å². The van der Waals surface area contributed by atoms with E-state index in [0.29, 0.717) is 0 Å². The van der Waals surface area contributed by atoms with Crippen LogP contribution in [0.5, 0.6) is 0 Å². The molecule has 0 aromatic carbocycles. The number of pyridine rings is 1. The molecule has 0 unspecified atom stereocenters. The molecule has 0 spiro atoms. The summed E-state index contributed by atoms with van der Waals surface area (Å²) in [5, 5.41) is 1.30. The number of hydrogen-bond acceptors (Lipinski definition) is 6. The fraction of sp³-hybridized carbons (Fsp3) is 0.526. The Balaban J connectivity index is 1.76. The Morgan fingerprint density at radius 2 is 2.00 bits per heavy atom. The molecule has 0 amide bonds. The number of aryl methyl sites for hydroxylation is 2. The minimum absolute atomic E-state index is 0.769. The topological polar surface area (TPSA) is 51.1 Å². The molecule has 0 saturated carbocycles. The van der Waals surface area contributed by atoms with Crippen molar-refractivity contribution < 1.29 is 4.74 Å². The highest BCUT2D eigenvalue weighted by Gasteiger charge is 2.25. The summed E-state index contributed by atoms with van der Waals surface area (Å²) < 4.78 is 6.69. The number of rotatable bonds is 3. The molecule has 0 bridgehead atoms. The van der Waals surface area contributed by atoms with Gasteiger partial charge in [0.05, 0.1) is 23.4 Å². The predicted molar refractivity (Wildman–Crippen MR) is 102 cm³/mol. The molecule has 1 aliphatic carbocycles. The lowest BCUT2D eigenvalue weighted by molar-refractivity contribution is 0.122. The Hall–Kier alpha value is -1.79. The van der Waals surface area contributed by atoms with E-state index in [0.717, 1.165) is 61.7 Å². The van der Waals surface area contributed by atoms with Gasteiger partial charge in [0.1, 0.15) is 17.0 Å². The molecule has 1 fully saturated rings. The average molecular weight is 354 g/mol. The molecule has 130 valence electrons. The summed E-state index contributed by atoms with van der Waals surface area (Å²) in [5.74, 6) is 1.06. The van der Waals surface area contributed by atoms with Gasteiger partial charge in [-0.2, -0.15) is 0 Å². The van der Waals surface area contributed by atoms with E-state index in [2.05, 4.69) is 21.8 Å². The third kappa shape index (κ3) is 2.42. The van der Waals surface area contributed by atoms with Crippen molar-refractivity contribution in [2.75, 3.05) is 31.2 Å². The first-order valence-corrected chi connectivity index (χ1v) is 10.1. The molecule has 3 aromatic rings. The van der Waals surface area contributed by atoms with Crippen LogP contribution < -0.4 is 4.90 Å². The van der Waals surface area contributed by atoms with Crippen LogP contribution in [-0.4, -0.2) is 41.3 Å². The van der Waals surface area contributed by atoms with Crippen molar-refractivity contribution in [3.05, 3.63) is 23.1 Å². The second-order valence-electron chi connectivity index (χ2n) is 6.88. The Labute approximate surface area is 151 Å². The van der Waals surface area contributed by atoms with Crippen molar-refractivity contribution in [2.45, 2.75) is 39.0 Å². The molecule has 5 rings (SSSR count). The smallest absolute Gasteiger partial charge is 0.150 e. The molecule has 0 radical (unpaired) electrons. The maximum absolute atomic E-state index is 5.50. The zero-order valence-electron chi connectivity index (χ0n) is 14.5. The molecule has 1 aliphatic heterocycles. The van der Waals surface area contributed by atoms with Gasteiger partial charge in [-0.25, -0.2) is 15.0 Å². The highest BCUT2D eigenvalue weighted by molar-refractivity contribution is 7.26. The van der Waals surface area contributed by atoms with Crippen LogP contribution in [0.3, 0.4) is 0 Å². The Bertz CT molecular complexity index is 946. The van der Waals surface area contributed by atoms with Crippen LogP contribution in [0.2, 0.25) is 0 Å². The van der Waals surface area contributed by atoms with Crippen LogP contribution >= 0.6 is 11.3 Å². The lowest BCUT2D eigenvalue weighted by Gasteiger charge is -2.27. The molecule has 1 saturated heterocycles. The van der Waals surface area contributed by atoms with E-state index in [1.165, 1.54) is 39.7 Å². The summed E-state index contributed by atoms with van der Waals surface area (Å²) in [6.07, 6.45) is 7.52. The van der Waals surface area contributed by atoms with Gasteiger partial charge in [-0.05, 0) is 36.8 Å². The van der Waals surface area contributed by atoms with Crippen LogP contribution in [0.15, 0.2) is 6.33 Å². The molecular weight excluding hydrogens is 332 g/mol. The Morgan fingerprint density at radius 1 is 1.16 bits per heavy atom. The van der Waals surface area contributed by atoms with Crippen molar-refractivity contribution in [1.29, 1.82) is 0 Å². The number of hydrogen-bond donors (Lipinski definition) is 0. The summed E-state index contributed by atoms with van der Waals surface area (Å²) in [5.41, 5.74) is 5.42. The second kappa shape index (κ2) is 6.18. The molecule has 25 heavy (non-hydrogen) atoms. The molecule has 0 N–H and O–H groups in total. The average Bonchev–Trinajstić information content (AvgIpc) is 3.26. The van der Waals surface area contributed by atoms with Gasteiger partial charge < -0.3 is 9.64 Å². The van der Waals surface area contributed by atoms with Gasteiger partial charge in [-0.3, -0.25) is 0 Å². The monoisotopic (exact) mass is 354 g/mol. The van der Waals surface area contributed by atoms with E-state index >= 15 is 0 Å². The van der Waals surface area contributed by atoms with Gasteiger partial charge in [0.25, 0.3) is 0 Å². The first-order chi connectivity index (χ1) is 12.4. The van der Waals surface area contributed by atoms with Crippen molar-refractivity contribution in [2.24, 2.45) is 0 Å². The van der Waals surface area contributed by atoms with Gasteiger partial charge >= 0.3 is 0 Å². The number of morpholine rings is 1. The molecule has 5 nitrogen and oxygen atoms in total. The van der Waals surface area contributed by atoms with Crippen LogP contribution in [0.25, 0.3) is 20.4 Å². The van der Waals surface area contributed by atoms with E-state index < -0.39 is 0 Å². The predicted octanol–water partition coefficient (Wildman–Crippen LogP) is 3.52. The summed E-state index contributed by atoms with van der Waals surface area (Å²) in [6.45, 7) is 5.56. The van der Waals surface area contributed by atoms with Gasteiger partial charge in [0.2, 0.25) is 0 Å². The molecular formula is C19H22N4OS. The zero-order valence-corrected chi connectivity index (χ0v) is 15.4. The summed E-state index contributed by atoms with van der Waals surface area (Å²) in [4.78, 5) is 17.8. The number of thiophene rings is 1. The molecule has 2 aliphatic rings. The third-order valence-electron chi connectivity index (χ3n) is 5.34. The van der Waals surface area contributed by atoms with E-state index in [9.17, 15) is 0 Å². The Morgan fingerprint density at radius 3 is 2.84 bits per heavy atom. The van der Waals surface area contributed by atoms with Gasteiger partial charge in [0.15, 0.2) is 0 Å². The molecule has 0 atom stereocenters. The zero-order chi connectivity index (χ0) is 16.8. The van der Waals surface area contributed by atoms with Crippen LogP contribution in [0.4, 0.5) is 5.82 Å². The fourth-order valence-electron chi connectivity index (χ4n) is 4.21. The first-order valence-electron chi connectivity index (χ1n) is 9.27. The summed E-state index contributed by atoms with van der Waals surface area (Å²) >= 11 is 1.77. The molecule has 4 heterocycles. The lowest BCUT2D eigenvalue weighted by Crippen LogP contribution is -2.36. The van der Waals surface area contributed by atoms with E-state index in [-0.39, 0.29) is 0 Å². The van der Waals surface area contributed by atoms with Crippen LogP contribution in [-0.2, 0) is 24.0 Å². The second-order valence-corrected chi connectivity index (χ2v) is 7.87. The highest BCUT2D eigenvalue weighted by atomic mass is 32.1. The molecule has 6 heteroatoms. The SMILES string of the molecule is CCCc1nc2sc3c(N4CCOCC4)ncnc3c2c2c1CCC2. The van der Waals surface area contributed by atoms with E-state index in [1.807, 2.05) is 0 Å². The summed E-state index contributed by atoms with van der Waals surface area (Å²) in [7, 11) is 0. The van der Waals surface area contributed by atoms with E-state index in [4.69, 9.17) is 9.72 Å². The number of nitrogens with zero attached hydrogens (tertiary/aromatic N) is 4. The number of aromatic nitrogens is 3. The standard InChI is InChI=1S/C19H22N4OS/c1-2-4-14-12-5-3-6-13(12)15-16-17(25-19(15)22-14)18(21-11-20-16)23-7-9-24-10-8-23/h11H,2-10H2,1H3. The third-order valence-corrected chi connectivity index (χ3v) is 6.41. The molecule has 3 aromatic heterocycles. The number of ether oxygens (including phenoxy) is 1. The van der Waals surface area contributed by atoms with Crippen molar-refractivity contribution in [3.63, 3.8) is 0 Å². The maximum Gasteiger partial charge on any atom is 0.150 e. The van der Waals surface area contributed by atoms with Crippen molar-refractivity contribution in [3.8, 4) is 0 Å². The van der Waals surface area contributed by atoms with Crippen LogP contribution in [0.1, 0.15) is 36.6 Å². The first kappa shape index (κ1) is 15.5. The lowest BCUT2D eigenvalue weighted by atomic mass is 10.0. The fourth-order valence-corrected chi connectivity index (χ4v) is 5.40. The van der Waals surface area contributed by atoms with E-state index in [1.54, 1.807) is 17.7 Å². The minimum Gasteiger partial charge on any atom is -0.378 e. The largest absolute Gasteiger partial charge is 0.378 e.